The molecule has 0 radical (unpaired) electrons. The van der Waals surface area contributed by atoms with Crippen LogP contribution in [0.15, 0.2) is 23.2 Å². The van der Waals surface area contributed by atoms with Crippen LogP contribution in [0.2, 0.25) is 0 Å². The monoisotopic (exact) mass is 423 g/mol. The predicted octanol–water partition coefficient (Wildman–Crippen LogP) is 2.06. The van der Waals surface area contributed by atoms with E-state index >= 15 is 0 Å². The Kier molecular flexibility index (Phi) is 10.7. The first-order chi connectivity index (χ1) is 10.1. The molecule has 0 aromatic heterocycles. The van der Waals surface area contributed by atoms with Crippen LogP contribution in [-0.2, 0) is 0 Å². The first-order valence-electron chi connectivity index (χ1n) is 7.06. The molecular formula is C15H26IN3O3. The lowest BCUT2D eigenvalue weighted by atomic mass is 10.1. The van der Waals surface area contributed by atoms with Gasteiger partial charge >= 0.3 is 0 Å². The van der Waals surface area contributed by atoms with Gasteiger partial charge in [0.05, 0.1) is 20.8 Å². The Morgan fingerprint density at radius 1 is 1.36 bits per heavy atom. The average Bonchev–Trinajstić information content (AvgIpc) is 2.52. The number of benzene rings is 1. The van der Waals surface area contributed by atoms with E-state index in [1.807, 2.05) is 0 Å². The van der Waals surface area contributed by atoms with Crippen molar-refractivity contribution in [2.75, 3.05) is 27.3 Å². The van der Waals surface area contributed by atoms with E-state index in [9.17, 15) is 5.11 Å². The van der Waals surface area contributed by atoms with Crippen molar-refractivity contribution in [3.63, 3.8) is 0 Å². The van der Waals surface area contributed by atoms with Gasteiger partial charge in [0.2, 0.25) is 0 Å². The molecule has 1 rings (SSSR count). The summed E-state index contributed by atoms with van der Waals surface area (Å²) in [5.74, 6) is 1.59. The van der Waals surface area contributed by atoms with Gasteiger partial charge in [-0.05, 0) is 24.6 Å². The van der Waals surface area contributed by atoms with Crippen molar-refractivity contribution < 1.29 is 14.6 Å². The molecule has 0 saturated heterocycles. The fourth-order valence-corrected chi connectivity index (χ4v) is 1.83. The van der Waals surface area contributed by atoms with Crippen molar-refractivity contribution in [1.82, 2.24) is 5.32 Å². The lowest BCUT2D eigenvalue weighted by Crippen LogP contribution is -2.32. The van der Waals surface area contributed by atoms with E-state index in [1.165, 1.54) is 0 Å². The first-order valence-corrected chi connectivity index (χ1v) is 7.06. The molecule has 126 valence electrons. The molecule has 1 aromatic carbocycles. The van der Waals surface area contributed by atoms with Crippen molar-refractivity contribution in [3.05, 3.63) is 23.8 Å². The average molecular weight is 423 g/mol. The summed E-state index contributed by atoms with van der Waals surface area (Å²) in [6.07, 6.45) is 1.31. The van der Waals surface area contributed by atoms with Crippen LogP contribution in [0.5, 0.6) is 11.5 Å². The SMILES string of the molecule is CCCCNC(N)=NCC(O)c1cc(OC)ccc1OC.I. The zero-order chi connectivity index (χ0) is 15.7. The van der Waals surface area contributed by atoms with Crippen LogP contribution in [0.1, 0.15) is 31.4 Å². The minimum Gasteiger partial charge on any atom is -0.497 e. The molecule has 1 unspecified atom stereocenters. The van der Waals surface area contributed by atoms with Crippen molar-refractivity contribution in [1.29, 1.82) is 0 Å². The van der Waals surface area contributed by atoms with Gasteiger partial charge in [0.1, 0.15) is 17.6 Å². The van der Waals surface area contributed by atoms with E-state index in [2.05, 4.69) is 17.2 Å². The predicted molar refractivity (Wildman–Crippen MR) is 99.3 cm³/mol. The zero-order valence-corrected chi connectivity index (χ0v) is 15.7. The van der Waals surface area contributed by atoms with Crippen LogP contribution >= 0.6 is 24.0 Å². The van der Waals surface area contributed by atoms with E-state index in [1.54, 1.807) is 32.4 Å². The topological polar surface area (TPSA) is 89.1 Å². The molecule has 0 amide bonds. The maximum atomic E-state index is 10.2. The second-order valence-electron chi connectivity index (χ2n) is 4.63. The quantitative estimate of drug-likeness (QED) is 0.258. The van der Waals surface area contributed by atoms with Crippen molar-refractivity contribution in [3.8, 4) is 11.5 Å². The summed E-state index contributed by atoms with van der Waals surface area (Å²) in [4.78, 5) is 4.14. The Morgan fingerprint density at radius 3 is 2.68 bits per heavy atom. The minimum atomic E-state index is -0.804. The summed E-state index contributed by atoms with van der Waals surface area (Å²) in [7, 11) is 3.13. The summed E-state index contributed by atoms with van der Waals surface area (Å²) in [5.41, 5.74) is 6.37. The molecule has 0 spiro atoms. The number of methoxy groups -OCH3 is 2. The van der Waals surface area contributed by atoms with Gasteiger partial charge in [-0.25, -0.2) is 0 Å². The number of aliphatic hydroxyl groups is 1. The maximum Gasteiger partial charge on any atom is 0.188 e. The fraction of sp³-hybridized carbons (Fsp3) is 0.533. The Hall–Kier alpha value is -1.22. The van der Waals surface area contributed by atoms with E-state index in [0.29, 0.717) is 23.0 Å². The lowest BCUT2D eigenvalue weighted by molar-refractivity contribution is 0.182. The summed E-state index contributed by atoms with van der Waals surface area (Å²) >= 11 is 0. The number of unbranched alkanes of at least 4 members (excludes halogenated alkanes) is 1. The fourth-order valence-electron chi connectivity index (χ4n) is 1.83. The number of hydrogen-bond acceptors (Lipinski definition) is 4. The molecule has 0 aliphatic rings. The van der Waals surface area contributed by atoms with Gasteiger partial charge in [-0.3, -0.25) is 4.99 Å². The highest BCUT2D eigenvalue weighted by Gasteiger charge is 2.14. The largest absolute Gasteiger partial charge is 0.497 e. The van der Waals surface area contributed by atoms with Crippen LogP contribution < -0.4 is 20.5 Å². The number of guanidine groups is 1. The number of hydrogen-bond donors (Lipinski definition) is 3. The molecule has 22 heavy (non-hydrogen) atoms. The second kappa shape index (κ2) is 11.4. The number of nitrogens with one attached hydrogen (secondary N) is 1. The van der Waals surface area contributed by atoms with E-state index in [4.69, 9.17) is 15.2 Å². The van der Waals surface area contributed by atoms with E-state index in [0.717, 1.165) is 19.4 Å². The smallest absolute Gasteiger partial charge is 0.188 e. The standard InChI is InChI=1S/C15H25N3O3.HI/c1-4-5-8-17-15(16)18-10-13(19)12-9-11(20-2)6-7-14(12)21-3;/h6-7,9,13,19H,4-5,8,10H2,1-3H3,(H3,16,17,18);1H. The number of nitrogens with zero attached hydrogens (tertiary/aromatic N) is 1. The molecule has 0 aliphatic carbocycles. The van der Waals surface area contributed by atoms with E-state index < -0.39 is 6.10 Å². The second-order valence-corrected chi connectivity index (χ2v) is 4.63. The summed E-state index contributed by atoms with van der Waals surface area (Å²) < 4.78 is 10.4. The Labute approximate surface area is 149 Å². The molecule has 0 fully saturated rings. The Bertz CT molecular complexity index is 469. The molecule has 0 heterocycles. The highest BCUT2D eigenvalue weighted by atomic mass is 127. The molecule has 1 aromatic rings. The van der Waals surface area contributed by atoms with Crippen LogP contribution in [0.3, 0.4) is 0 Å². The molecular weight excluding hydrogens is 397 g/mol. The van der Waals surface area contributed by atoms with Crippen molar-refractivity contribution in [2.45, 2.75) is 25.9 Å². The number of rotatable bonds is 8. The summed E-state index contributed by atoms with van der Waals surface area (Å²) in [6, 6.07) is 5.27. The number of halogens is 1. The normalized spacial score (nSPS) is 12.3. The highest BCUT2D eigenvalue weighted by molar-refractivity contribution is 14.0. The molecule has 4 N–H and O–H groups in total. The zero-order valence-electron chi connectivity index (χ0n) is 13.3. The van der Waals surface area contributed by atoms with Crippen molar-refractivity contribution in [2.24, 2.45) is 10.7 Å². The van der Waals surface area contributed by atoms with Gasteiger partial charge in [0.25, 0.3) is 0 Å². The highest BCUT2D eigenvalue weighted by Crippen LogP contribution is 2.29. The molecule has 0 saturated carbocycles. The number of aliphatic imine (C=N–C) groups is 1. The molecule has 0 bridgehead atoms. The molecule has 0 aliphatic heterocycles. The van der Waals surface area contributed by atoms with Gasteiger partial charge in [-0.15, -0.1) is 24.0 Å². The first kappa shape index (κ1) is 20.8. The van der Waals surface area contributed by atoms with Gasteiger partial charge in [-0.1, -0.05) is 13.3 Å². The van der Waals surface area contributed by atoms with Gasteiger partial charge in [-0.2, -0.15) is 0 Å². The van der Waals surface area contributed by atoms with Crippen LogP contribution in [0.25, 0.3) is 0 Å². The van der Waals surface area contributed by atoms with Crippen LogP contribution in [-0.4, -0.2) is 38.4 Å². The number of nitrogens with two attached hydrogens (primary N) is 1. The third kappa shape index (κ3) is 6.69. The lowest BCUT2D eigenvalue weighted by Gasteiger charge is -2.15. The molecule has 6 nitrogen and oxygen atoms in total. The Balaban J connectivity index is 0.00000441. The van der Waals surface area contributed by atoms with Gasteiger partial charge in [0, 0.05) is 12.1 Å². The van der Waals surface area contributed by atoms with E-state index in [-0.39, 0.29) is 30.5 Å². The molecule has 1 atom stereocenters. The van der Waals surface area contributed by atoms with Crippen molar-refractivity contribution >= 4 is 29.9 Å². The Morgan fingerprint density at radius 2 is 2.09 bits per heavy atom. The molecule has 7 heteroatoms. The summed E-state index contributed by atoms with van der Waals surface area (Å²) in [6.45, 7) is 3.05. The van der Waals surface area contributed by atoms with Gasteiger partial charge in [0.15, 0.2) is 5.96 Å². The third-order valence-corrected chi connectivity index (χ3v) is 3.07. The van der Waals surface area contributed by atoms with Gasteiger partial charge < -0.3 is 25.6 Å². The minimum absolute atomic E-state index is 0. The maximum absolute atomic E-state index is 10.2. The number of aliphatic hydroxyl groups excluding tert-OH is 1. The van der Waals surface area contributed by atoms with Crippen LogP contribution in [0, 0.1) is 0 Å². The third-order valence-electron chi connectivity index (χ3n) is 3.07. The van der Waals surface area contributed by atoms with Crippen LogP contribution in [0.4, 0.5) is 0 Å². The summed E-state index contributed by atoms with van der Waals surface area (Å²) in [5, 5.41) is 13.2. The number of ether oxygens (including phenoxy) is 2.